The van der Waals surface area contributed by atoms with Gasteiger partial charge in [0.05, 0.1) is 35.9 Å². The second-order valence-electron chi connectivity index (χ2n) is 10.3. The zero-order valence-electron chi connectivity index (χ0n) is 24.1. The zero-order chi connectivity index (χ0) is 31.8. The molecule has 3 unspecified atom stereocenters. The number of aromatic hydroxyl groups is 1. The fraction of sp³-hybridized carbons (Fsp3) is 0.219. The van der Waals surface area contributed by atoms with Crippen LogP contribution in [-0.4, -0.2) is 52.3 Å². The highest BCUT2D eigenvalue weighted by atomic mass is 32.2. The van der Waals surface area contributed by atoms with Crippen molar-refractivity contribution in [2.24, 2.45) is 5.92 Å². The van der Waals surface area contributed by atoms with Crippen molar-refractivity contribution in [3.63, 3.8) is 0 Å². The quantitative estimate of drug-likeness (QED) is 0.212. The Morgan fingerprint density at radius 3 is 2.27 bits per heavy atom. The summed E-state index contributed by atoms with van der Waals surface area (Å²) >= 11 is 2.03. The number of methoxy groups -OCH3 is 1. The highest BCUT2D eigenvalue weighted by molar-refractivity contribution is 8.00. The fourth-order valence-electron chi connectivity index (χ4n) is 5.53. The second-order valence-corrected chi connectivity index (χ2v) is 12.4. The largest absolute Gasteiger partial charge is 0.508 e. The Morgan fingerprint density at radius 1 is 0.933 bits per heavy atom. The number of nitrogens with one attached hydrogen (secondary N) is 1. The van der Waals surface area contributed by atoms with Crippen molar-refractivity contribution in [1.82, 2.24) is 4.57 Å². The van der Waals surface area contributed by atoms with E-state index in [0.717, 1.165) is 28.0 Å². The number of hydrogen-bond donors (Lipinski definition) is 2. The number of rotatable bonds is 8. The van der Waals surface area contributed by atoms with Gasteiger partial charge in [0.25, 0.3) is 0 Å². The van der Waals surface area contributed by atoms with Gasteiger partial charge in [-0.05, 0) is 73.2 Å². The van der Waals surface area contributed by atoms with Crippen LogP contribution < -0.4 is 19.8 Å². The molecule has 1 fully saturated rings. The molecule has 1 aromatic heterocycles. The number of carbonyl (C=O) groups excluding carboxylic acids is 4. The number of esters is 1. The molecule has 6 rings (SSSR count). The van der Waals surface area contributed by atoms with Gasteiger partial charge in [-0.1, -0.05) is 35.2 Å². The van der Waals surface area contributed by atoms with Crippen LogP contribution in [0.15, 0.2) is 82.6 Å². The Kier molecular flexibility index (Phi) is 8.21. The number of phenols is 1. The first-order chi connectivity index (χ1) is 21.7. The van der Waals surface area contributed by atoms with E-state index in [2.05, 4.69) is 5.32 Å². The third-order valence-corrected chi connectivity index (χ3v) is 10.2. The molecule has 2 aliphatic heterocycles. The van der Waals surface area contributed by atoms with E-state index in [0.29, 0.717) is 32.6 Å². The number of ether oxygens (including phenoxy) is 2. The Morgan fingerprint density at radius 2 is 1.62 bits per heavy atom. The maximum absolute atomic E-state index is 14.0. The molecule has 0 saturated carbocycles. The molecule has 3 amide bonds. The summed E-state index contributed by atoms with van der Waals surface area (Å²) in [6.45, 7) is 1.61. The van der Waals surface area contributed by atoms with Crippen molar-refractivity contribution in [1.29, 1.82) is 0 Å². The van der Waals surface area contributed by atoms with Crippen LogP contribution in [0.5, 0.6) is 11.5 Å². The minimum Gasteiger partial charge on any atom is -0.508 e. The van der Waals surface area contributed by atoms with Crippen molar-refractivity contribution in [2.75, 3.05) is 23.9 Å². The van der Waals surface area contributed by atoms with Crippen LogP contribution in [0.1, 0.15) is 33.6 Å². The summed E-state index contributed by atoms with van der Waals surface area (Å²) in [7, 11) is 1.54. The van der Waals surface area contributed by atoms with Gasteiger partial charge < -0.3 is 19.9 Å². The maximum atomic E-state index is 14.0. The minimum absolute atomic E-state index is 0.0267. The number of amides is 3. The van der Waals surface area contributed by atoms with E-state index in [1.807, 2.05) is 0 Å². The molecule has 0 radical (unpaired) electrons. The van der Waals surface area contributed by atoms with Gasteiger partial charge in [-0.15, -0.1) is 0 Å². The molecule has 0 spiro atoms. The maximum Gasteiger partial charge on any atom is 0.338 e. The van der Waals surface area contributed by atoms with Crippen LogP contribution >= 0.6 is 23.1 Å². The molecule has 1 saturated heterocycles. The van der Waals surface area contributed by atoms with Gasteiger partial charge in [0, 0.05) is 16.5 Å². The number of imide groups is 1. The molecular weight excluding hydrogens is 618 g/mol. The number of benzene rings is 3. The van der Waals surface area contributed by atoms with Gasteiger partial charge in [0.15, 0.2) is 0 Å². The van der Waals surface area contributed by atoms with Crippen molar-refractivity contribution in [2.45, 2.75) is 29.7 Å². The average molecular weight is 646 g/mol. The number of nitrogens with zero attached hydrogens (tertiary/aromatic N) is 2. The zero-order valence-corrected chi connectivity index (χ0v) is 25.7. The van der Waals surface area contributed by atoms with Gasteiger partial charge in [-0.25, -0.2) is 9.69 Å². The van der Waals surface area contributed by atoms with E-state index in [1.54, 1.807) is 43.3 Å². The van der Waals surface area contributed by atoms with Crippen molar-refractivity contribution < 1.29 is 33.8 Å². The predicted octanol–water partition coefficient (Wildman–Crippen LogP) is 4.24. The van der Waals surface area contributed by atoms with E-state index in [4.69, 9.17) is 9.47 Å². The predicted molar refractivity (Wildman–Crippen MR) is 168 cm³/mol. The number of anilines is 2. The van der Waals surface area contributed by atoms with Crippen LogP contribution in [0.3, 0.4) is 0 Å². The lowest BCUT2D eigenvalue weighted by Gasteiger charge is -2.30. The molecule has 3 aromatic carbocycles. The summed E-state index contributed by atoms with van der Waals surface area (Å²) in [5.74, 6) is -2.77. The van der Waals surface area contributed by atoms with Gasteiger partial charge in [0.2, 0.25) is 17.7 Å². The first kappa shape index (κ1) is 30.2. The molecule has 11 nitrogen and oxygen atoms in total. The highest BCUT2D eigenvalue weighted by Crippen LogP contribution is 2.54. The van der Waals surface area contributed by atoms with E-state index in [1.165, 1.54) is 48.1 Å². The second kappa shape index (κ2) is 12.3. The summed E-state index contributed by atoms with van der Waals surface area (Å²) in [6, 6.07) is 19.1. The smallest absolute Gasteiger partial charge is 0.338 e. The molecule has 3 atom stereocenters. The Labute approximate surface area is 265 Å². The molecule has 45 heavy (non-hydrogen) atoms. The minimum atomic E-state index is -0.890. The molecule has 13 heteroatoms. The van der Waals surface area contributed by atoms with Crippen LogP contribution in [0.25, 0.3) is 0 Å². The van der Waals surface area contributed by atoms with Crippen LogP contribution in [0.4, 0.5) is 11.4 Å². The summed E-state index contributed by atoms with van der Waals surface area (Å²) in [6.07, 6.45) is 0. The number of aromatic nitrogens is 1. The SMILES string of the molecule is CCOC(=O)c1ccc(N2C(=O)C3Sc4c(sc(=O)n4CC(=O)Nc4ccc(OC)cc4)C(c4ccc(O)cc4)C3C2=O)cc1. The summed E-state index contributed by atoms with van der Waals surface area (Å²) in [5.41, 5.74) is 1.75. The molecule has 230 valence electrons. The van der Waals surface area contributed by atoms with E-state index in [-0.39, 0.29) is 24.5 Å². The normalized spacial score (nSPS) is 18.7. The highest BCUT2D eigenvalue weighted by Gasteiger charge is 2.56. The lowest BCUT2D eigenvalue weighted by atomic mass is 9.83. The molecular formula is C32H27N3O8S2. The summed E-state index contributed by atoms with van der Waals surface area (Å²) in [4.78, 5) is 67.8. The van der Waals surface area contributed by atoms with Crippen molar-refractivity contribution in [3.8, 4) is 11.5 Å². The van der Waals surface area contributed by atoms with E-state index in [9.17, 15) is 29.1 Å². The third kappa shape index (κ3) is 5.60. The summed E-state index contributed by atoms with van der Waals surface area (Å²) in [5, 5.41) is 12.3. The number of thioether (sulfide) groups is 1. The van der Waals surface area contributed by atoms with E-state index >= 15 is 0 Å². The van der Waals surface area contributed by atoms with Crippen LogP contribution in [0, 0.1) is 5.92 Å². The molecule has 0 bridgehead atoms. The monoisotopic (exact) mass is 645 g/mol. The molecule has 2 N–H and O–H groups in total. The lowest BCUT2D eigenvalue weighted by molar-refractivity contribution is -0.122. The number of phenolic OH excluding ortho intramolecular Hbond substituents is 1. The lowest BCUT2D eigenvalue weighted by Crippen LogP contribution is -2.33. The third-order valence-electron chi connectivity index (χ3n) is 7.61. The average Bonchev–Trinajstić information content (AvgIpc) is 3.48. The van der Waals surface area contributed by atoms with E-state index < -0.39 is 45.6 Å². The number of thiazole rings is 1. The van der Waals surface area contributed by atoms with Crippen molar-refractivity contribution in [3.05, 3.63) is 98.5 Å². The molecule has 4 aromatic rings. The number of hydrogen-bond acceptors (Lipinski definition) is 10. The van der Waals surface area contributed by atoms with Crippen LogP contribution in [0.2, 0.25) is 0 Å². The van der Waals surface area contributed by atoms with Gasteiger partial charge in [-0.2, -0.15) is 0 Å². The Balaban J connectivity index is 1.35. The standard InChI is InChI=1S/C32H27N3O8S2/c1-3-43-31(40)18-4-10-20(11-5-18)35-28(38)25-24(17-6-12-21(36)13-7-17)27-30(44-26(25)29(35)39)34(32(41)45-27)16-23(37)33-19-8-14-22(42-2)15-9-19/h4-15,24-26,36H,3,16H2,1-2H3,(H,33,37). The number of carbonyl (C=O) groups is 4. The van der Waals surface area contributed by atoms with Gasteiger partial charge in [-0.3, -0.25) is 23.7 Å². The molecule has 0 aliphatic carbocycles. The summed E-state index contributed by atoms with van der Waals surface area (Å²) < 4.78 is 11.5. The topological polar surface area (TPSA) is 144 Å². The Hall–Kier alpha value is -4.88. The van der Waals surface area contributed by atoms with Crippen molar-refractivity contribution >= 4 is 58.2 Å². The van der Waals surface area contributed by atoms with Gasteiger partial charge >= 0.3 is 10.8 Å². The van der Waals surface area contributed by atoms with Crippen LogP contribution in [-0.2, 0) is 25.7 Å². The first-order valence-electron chi connectivity index (χ1n) is 14.0. The molecule has 2 aliphatic rings. The number of fused-ring (bicyclic) bond motifs is 2. The Bertz CT molecular complexity index is 1850. The fourth-order valence-corrected chi connectivity index (χ4v) is 8.30. The molecule has 3 heterocycles. The first-order valence-corrected chi connectivity index (χ1v) is 15.7. The van der Waals surface area contributed by atoms with Gasteiger partial charge in [0.1, 0.15) is 23.3 Å².